The van der Waals surface area contributed by atoms with Crippen molar-refractivity contribution in [3.63, 3.8) is 0 Å². The molecular weight excluding hydrogens is 432 g/mol. The molecule has 0 rings (SSSR count). The molecule has 7 N–H and O–H groups in total. The molecule has 1 amide bonds. The normalized spacial score (nSPS) is 11.7. The zero-order valence-electron chi connectivity index (χ0n) is 17.1. The number of rotatable bonds is 16. The fourth-order valence-corrected chi connectivity index (χ4v) is 3.73. The van der Waals surface area contributed by atoms with E-state index in [0.29, 0.717) is 19.5 Å². The third-order valence-electron chi connectivity index (χ3n) is 3.12. The van der Waals surface area contributed by atoms with E-state index in [0.717, 1.165) is 37.4 Å². The molecular formula is C13H32N4Na2O7P2+2. The molecule has 0 bridgehead atoms. The Hall–Kier alpha value is 1.97. The van der Waals surface area contributed by atoms with Gasteiger partial charge < -0.3 is 25.7 Å². The Morgan fingerprint density at radius 1 is 0.857 bits per heavy atom. The van der Waals surface area contributed by atoms with Crippen LogP contribution in [0.1, 0.15) is 26.2 Å². The van der Waals surface area contributed by atoms with Crippen LogP contribution in [0, 0.1) is 0 Å². The Morgan fingerprint density at radius 3 is 1.71 bits per heavy atom. The SMILES string of the molecule is CCCNCCCNCCCNC(=O)CN(C[P+]([O-])(O)O)C[P+]([O-])(O)O.[Na+].[Na+]. The van der Waals surface area contributed by atoms with Crippen LogP contribution in [0.2, 0.25) is 0 Å². The quantitative estimate of drug-likeness (QED) is 0.0658. The maximum Gasteiger partial charge on any atom is 1.00 e. The van der Waals surface area contributed by atoms with Crippen LogP contribution in [-0.4, -0.2) is 82.2 Å². The van der Waals surface area contributed by atoms with Gasteiger partial charge in [-0.15, -0.1) is 0 Å². The smallest absolute Gasteiger partial charge is 0.631 e. The molecule has 0 spiro atoms. The van der Waals surface area contributed by atoms with Crippen molar-refractivity contribution < 1.29 is 93.3 Å². The van der Waals surface area contributed by atoms with Crippen molar-refractivity contribution in [3.05, 3.63) is 0 Å². The number of amides is 1. The van der Waals surface area contributed by atoms with Crippen molar-refractivity contribution in [2.45, 2.75) is 26.2 Å². The number of hydrogen-bond acceptors (Lipinski definition) is 10. The molecule has 15 heteroatoms. The molecule has 0 saturated heterocycles. The van der Waals surface area contributed by atoms with E-state index in [-0.39, 0.29) is 59.1 Å². The van der Waals surface area contributed by atoms with Gasteiger partial charge in [0.25, 0.3) is 0 Å². The van der Waals surface area contributed by atoms with Crippen LogP contribution in [0.3, 0.4) is 0 Å². The predicted molar refractivity (Wildman–Crippen MR) is 97.4 cm³/mol. The summed E-state index contributed by atoms with van der Waals surface area (Å²) >= 11 is 0. The van der Waals surface area contributed by atoms with Gasteiger partial charge >= 0.3 is 59.1 Å². The summed E-state index contributed by atoms with van der Waals surface area (Å²) in [5.74, 6) is -0.546. The molecule has 11 nitrogen and oxygen atoms in total. The molecule has 0 unspecified atom stereocenters. The van der Waals surface area contributed by atoms with Gasteiger partial charge in [-0.3, -0.25) is 4.79 Å². The molecule has 0 fully saturated rings. The van der Waals surface area contributed by atoms with Crippen molar-refractivity contribution in [2.24, 2.45) is 0 Å². The van der Waals surface area contributed by atoms with E-state index in [1.807, 2.05) is 0 Å². The Kier molecular flexibility index (Phi) is 24.3. The fraction of sp³-hybridized carbons (Fsp3) is 0.923. The monoisotopic (exact) mass is 464 g/mol. The first-order chi connectivity index (χ1) is 12.0. The minimum Gasteiger partial charge on any atom is -0.631 e. The number of carbonyl (C=O) groups is 1. The third-order valence-corrected chi connectivity index (χ3v) is 4.66. The number of carbonyl (C=O) groups excluding carboxylic acids is 1. The van der Waals surface area contributed by atoms with E-state index in [9.17, 15) is 14.6 Å². The van der Waals surface area contributed by atoms with Gasteiger partial charge in [0.05, 0.1) is 6.54 Å². The molecule has 0 radical (unpaired) electrons. The predicted octanol–water partition coefficient (Wildman–Crippen LogP) is -9.09. The topological polar surface area (TPSA) is 183 Å². The summed E-state index contributed by atoms with van der Waals surface area (Å²) in [6.07, 6.45) is 1.00. The van der Waals surface area contributed by atoms with Crippen molar-refractivity contribution in [3.8, 4) is 0 Å². The molecule has 156 valence electrons. The van der Waals surface area contributed by atoms with E-state index in [4.69, 9.17) is 19.6 Å². The van der Waals surface area contributed by atoms with Gasteiger partial charge in [0.15, 0.2) is 12.6 Å². The van der Waals surface area contributed by atoms with Crippen molar-refractivity contribution in [2.75, 3.05) is 51.8 Å². The molecule has 0 aliphatic carbocycles. The summed E-state index contributed by atoms with van der Waals surface area (Å²) in [4.78, 5) is 70.3. The van der Waals surface area contributed by atoms with Crippen LogP contribution in [0.5, 0.6) is 0 Å². The molecule has 28 heavy (non-hydrogen) atoms. The second-order valence-electron chi connectivity index (χ2n) is 6.00. The summed E-state index contributed by atoms with van der Waals surface area (Å²) in [5.41, 5.74) is 0. The first-order valence-electron chi connectivity index (χ1n) is 8.53. The first kappa shape index (κ1) is 34.6. The number of nitrogens with zero attached hydrogens (tertiary/aromatic N) is 1. The summed E-state index contributed by atoms with van der Waals surface area (Å²) < 4.78 is 0. The van der Waals surface area contributed by atoms with Gasteiger partial charge in [-0.2, -0.15) is 0 Å². The van der Waals surface area contributed by atoms with Crippen molar-refractivity contribution >= 4 is 21.8 Å². The van der Waals surface area contributed by atoms with Gasteiger partial charge in [-0.25, -0.2) is 24.5 Å². The van der Waals surface area contributed by atoms with Gasteiger partial charge in [-0.1, -0.05) is 6.92 Å². The fourth-order valence-electron chi connectivity index (χ4n) is 2.13. The molecule has 0 aromatic carbocycles. The standard InChI is InChI=1S/C13H32N4O7P2.2Na/c1-2-5-14-6-3-7-15-8-4-9-16-13(18)10-17(11-25(19,20)21)12-26(22,23)24;;/h14-15H,2-12H2,1H3,(H,16,18)(H2,19,20,21)(H2,22,23,24);;/q;2*+1. The van der Waals surface area contributed by atoms with E-state index in [1.54, 1.807) is 0 Å². The summed E-state index contributed by atoms with van der Waals surface area (Å²) in [6, 6.07) is 0. The average molecular weight is 464 g/mol. The minimum atomic E-state index is -4.53. The summed E-state index contributed by atoms with van der Waals surface area (Å²) in [5, 5.41) is 9.09. The Labute approximate surface area is 212 Å². The maximum atomic E-state index is 11.8. The van der Waals surface area contributed by atoms with Crippen LogP contribution < -0.4 is 84.9 Å². The maximum absolute atomic E-state index is 11.8. The summed E-state index contributed by atoms with van der Waals surface area (Å²) in [6.45, 7) is 5.51. The van der Waals surface area contributed by atoms with Crippen LogP contribution in [0.4, 0.5) is 0 Å². The molecule has 0 atom stereocenters. The van der Waals surface area contributed by atoms with E-state index in [2.05, 4.69) is 22.9 Å². The minimum absolute atomic E-state index is 0. The van der Waals surface area contributed by atoms with Crippen LogP contribution >= 0.6 is 15.9 Å². The van der Waals surface area contributed by atoms with Crippen molar-refractivity contribution in [1.29, 1.82) is 0 Å². The molecule has 0 aromatic heterocycles. The van der Waals surface area contributed by atoms with Crippen LogP contribution in [0.25, 0.3) is 0 Å². The second-order valence-corrected chi connectivity index (χ2v) is 9.22. The summed E-state index contributed by atoms with van der Waals surface area (Å²) in [7, 11) is -9.06. The zero-order valence-corrected chi connectivity index (χ0v) is 22.9. The van der Waals surface area contributed by atoms with E-state index in [1.165, 1.54) is 0 Å². The largest absolute Gasteiger partial charge is 1.00 e. The zero-order chi connectivity index (χ0) is 20.1. The Balaban J connectivity index is -0.00000312. The van der Waals surface area contributed by atoms with E-state index >= 15 is 0 Å². The molecule has 0 saturated carbocycles. The third kappa shape index (κ3) is 26.0. The van der Waals surface area contributed by atoms with Crippen molar-refractivity contribution in [1.82, 2.24) is 20.9 Å². The van der Waals surface area contributed by atoms with Gasteiger partial charge in [0, 0.05) is 6.54 Å². The Morgan fingerprint density at radius 2 is 1.29 bits per heavy atom. The second kappa shape index (κ2) is 19.6. The molecule has 0 aliphatic rings. The van der Waals surface area contributed by atoms with Crippen LogP contribution in [0.15, 0.2) is 0 Å². The molecule has 0 aliphatic heterocycles. The Bertz CT molecular complexity index is 375. The van der Waals surface area contributed by atoms with Crippen LogP contribution in [-0.2, 0) is 4.79 Å². The molecule has 0 aromatic rings. The molecule has 0 heterocycles. The average Bonchev–Trinajstić information content (AvgIpc) is 2.45. The van der Waals surface area contributed by atoms with Gasteiger partial charge in [-0.05, 0) is 45.4 Å². The van der Waals surface area contributed by atoms with Gasteiger partial charge in [0.2, 0.25) is 21.8 Å². The number of nitrogens with one attached hydrogen (secondary N) is 3. The number of hydrogen-bond donors (Lipinski definition) is 7. The van der Waals surface area contributed by atoms with Gasteiger partial charge in [0.1, 0.15) is 0 Å². The first-order valence-corrected chi connectivity index (χ1v) is 12.1. The van der Waals surface area contributed by atoms with E-state index < -0.39 is 40.9 Å².